The number of phenols is 2. The van der Waals surface area contributed by atoms with Crippen LogP contribution in [0.4, 0.5) is 0 Å². The molecule has 0 saturated carbocycles. The first kappa shape index (κ1) is 14.9. The van der Waals surface area contributed by atoms with Gasteiger partial charge in [0.1, 0.15) is 5.92 Å². The number of aliphatic hydroxyl groups excluding tert-OH is 2. The van der Waals surface area contributed by atoms with E-state index in [1.54, 1.807) is 0 Å². The van der Waals surface area contributed by atoms with Crippen LogP contribution in [0.1, 0.15) is 10.4 Å². The number of allylic oxidation sites excluding steroid dienone is 1. The summed E-state index contributed by atoms with van der Waals surface area (Å²) < 4.78 is 4.64. The van der Waals surface area contributed by atoms with Gasteiger partial charge in [-0.1, -0.05) is 12.1 Å². The number of Topliss-reactive ketones (excluding diaryl/α,β-unsaturated/α-hetero) is 1. The van der Waals surface area contributed by atoms with Gasteiger partial charge in [0.2, 0.25) is 5.79 Å². The molecular formula is C14H14O7. The molecule has 112 valence electrons. The van der Waals surface area contributed by atoms with Crippen LogP contribution in [0.15, 0.2) is 41.9 Å². The van der Waals surface area contributed by atoms with Gasteiger partial charge in [0.15, 0.2) is 28.8 Å². The number of aromatic hydroxyl groups is 2. The lowest BCUT2D eigenvalue weighted by Crippen LogP contribution is -2.37. The molecule has 1 aliphatic carbocycles. The summed E-state index contributed by atoms with van der Waals surface area (Å²) in [6.45, 7) is 0. The van der Waals surface area contributed by atoms with Crippen LogP contribution in [-0.4, -0.2) is 44.2 Å². The van der Waals surface area contributed by atoms with E-state index in [0.29, 0.717) is 0 Å². The smallest absolute Gasteiger partial charge is 0.248 e. The minimum Gasteiger partial charge on any atom is -0.507 e. The van der Waals surface area contributed by atoms with Crippen molar-refractivity contribution in [3.63, 3.8) is 0 Å². The molecule has 1 aliphatic rings. The Morgan fingerprint density at radius 2 is 1.90 bits per heavy atom. The number of carbonyl (C=O) groups is 1. The van der Waals surface area contributed by atoms with E-state index in [1.165, 1.54) is 18.2 Å². The molecule has 0 aliphatic heterocycles. The molecule has 7 nitrogen and oxygen atoms in total. The Hall–Kier alpha value is -2.51. The van der Waals surface area contributed by atoms with Gasteiger partial charge in [-0.3, -0.25) is 4.79 Å². The fourth-order valence-electron chi connectivity index (χ4n) is 2.00. The van der Waals surface area contributed by atoms with Crippen molar-refractivity contribution in [2.24, 2.45) is 5.92 Å². The first-order valence-corrected chi connectivity index (χ1v) is 5.96. The summed E-state index contributed by atoms with van der Waals surface area (Å²) in [6, 6.07) is 3.80. The second-order valence-electron chi connectivity index (χ2n) is 4.51. The van der Waals surface area contributed by atoms with Crippen LogP contribution in [0.3, 0.4) is 0 Å². The van der Waals surface area contributed by atoms with Crippen molar-refractivity contribution in [3.8, 4) is 11.5 Å². The van der Waals surface area contributed by atoms with Crippen molar-refractivity contribution in [2.75, 3.05) is 7.11 Å². The molecule has 5 N–H and O–H groups in total. The monoisotopic (exact) mass is 294 g/mol. The molecule has 0 fully saturated rings. The number of ether oxygens (including phenoxy) is 1. The largest absolute Gasteiger partial charge is 0.507 e. The van der Waals surface area contributed by atoms with E-state index in [1.807, 2.05) is 0 Å². The Kier molecular flexibility index (Phi) is 3.63. The summed E-state index contributed by atoms with van der Waals surface area (Å²) in [6.07, 6.45) is 2.13. The van der Waals surface area contributed by atoms with Crippen molar-refractivity contribution in [1.82, 2.24) is 0 Å². The SMILES string of the molecule is COC1(O)C=CC(C(=O)c2cccc(O)c2O)C(O)=C1O. The zero-order valence-electron chi connectivity index (χ0n) is 11.0. The Morgan fingerprint density at radius 3 is 2.52 bits per heavy atom. The number of ketones is 1. The molecule has 0 heterocycles. The second kappa shape index (κ2) is 5.12. The van der Waals surface area contributed by atoms with E-state index < -0.39 is 40.5 Å². The zero-order chi connectivity index (χ0) is 15.8. The van der Waals surface area contributed by atoms with Gasteiger partial charge < -0.3 is 30.3 Å². The van der Waals surface area contributed by atoms with Gasteiger partial charge in [-0.2, -0.15) is 0 Å². The number of rotatable bonds is 3. The number of benzene rings is 1. The lowest BCUT2D eigenvalue weighted by atomic mass is 9.89. The van der Waals surface area contributed by atoms with Gasteiger partial charge in [-0.05, 0) is 18.2 Å². The zero-order valence-corrected chi connectivity index (χ0v) is 11.0. The fourth-order valence-corrected chi connectivity index (χ4v) is 2.00. The van der Waals surface area contributed by atoms with Crippen molar-refractivity contribution >= 4 is 5.78 Å². The van der Waals surface area contributed by atoms with Crippen molar-refractivity contribution < 1.29 is 35.1 Å². The highest BCUT2D eigenvalue weighted by molar-refractivity contribution is 6.03. The quantitative estimate of drug-likeness (QED) is 0.245. The second-order valence-corrected chi connectivity index (χ2v) is 4.51. The number of carbonyl (C=O) groups excluding carboxylic acids is 1. The maximum absolute atomic E-state index is 12.3. The first-order valence-electron chi connectivity index (χ1n) is 5.96. The van der Waals surface area contributed by atoms with Gasteiger partial charge in [-0.25, -0.2) is 0 Å². The lowest BCUT2D eigenvalue weighted by Gasteiger charge is -2.28. The van der Waals surface area contributed by atoms with Crippen LogP contribution < -0.4 is 0 Å². The molecule has 0 saturated heterocycles. The van der Waals surface area contributed by atoms with E-state index in [-0.39, 0.29) is 5.56 Å². The van der Waals surface area contributed by atoms with Crippen LogP contribution in [-0.2, 0) is 4.74 Å². The molecule has 1 aromatic carbocycles. The summed E-state index contributed by atoms with van der Waals surface area (Å²) >= 11 is 0. The normalized spacial score (nSPS) is 25.1. The van der Waals surface area contributed by atoms with Crippen molar-refractivity contribution in [1.29, 1.82) is 0 Å². The Labute approximate surface area is 119 Å². The number of hydrogen-bond donors (Lipinski definition) is 5. The standard InChI is InChI=1S/C14H14O7/c1-21-14(20)6-5-8(12(18)13(14)19)10(16)7-3-2-4-9(15)11(7)17/h2-6,8,15,17-20H,1H3. The highest BCUT2D eigenvalue weighted by Gasteiger charge is 2.40. The molecule has 0 bridgehead atoms. The number of hydrogen-bond acceptors (Lipinski definition) is 7. The highest BCUT2D eigenvalue weighted by Crippen LogP contribution is 2.35. The van der Waals surface area contributed by atoms with Crippen LogP contribution in [0.5, 0.6) is 11.5 Å². The van der Waals surface area contributed by atoms with Gasteiger partial charge in [-0.15, -0.1) is 0 Å². The molecule has 1 aromatic rings. The molecule has 21 heavy (non-hydrogen) atoms. The van der Waals surface area contributed by atoms with Gasteiger partial charge in [0, 0.05) is 7.11 Å². The Balaban J connectivity index is 2.43. The molecule has 0 spiro atoms. The fraction of sp³-hybridized carbons (Fsp3) is 0.214. The lowest BCUT2D eigenvalue weighted by molar-refractivity contribution is -0.143. The maximum atomic E-state index is 12.3. The molecule has 2 unspecified atom stereocenters. The average molecular weight is 294 g/mol. The van der Waals surface area contributed by atoms with Crippen molar-refractivity contribution in [3.05, 3.63) is 47.4 Å². The molecule has 2 rings (SSSR count). The summed E-state index contributed by atoms with van der Waals surface area (Å²) in [5.41, 5.74) is -0.230. The van der Waals surface area contributed by atoms with Crippen LogP contribution in [0.2, 0.25) is 0 Å². The molecule has 0 radical (unpaired) electrons. The van der Waals surface area contributed by atoms with E-state index >= 15 is 0 Å². The summed E-state index contributed by atoms with van der Waals surface area (Å²) in [7, 11) is 1.11. The Bertz CT molecular complexity index is 647. The predicted molar refractivity (Wildman–Crippen MR) is 71.0 cm³/mol. The average Bonchev–Trinajstić information content (AvgIpc) is 2.47. The number of phenolic OH excluding ortho intramolecular Hbond substituents is 2. The number of aliphatic hydroxyl groups is 3. The molecule has 2 atom stereocenters. The van der Waals surface area contributed by atoms with E-state index in [0.717, 1.165) is 19.3 Å². The summed E-state index contributed by atoms with van der Waals surface area (Å²) in [5, 5.41) is 48.5. The molecular weight excluding hydrogens is 280 g/mol. The first-order chi connectivity index (χ1) is 9.81. The third-order valence-electron chi connectivity index (χ3n) is 3.26. The van der Waals surface area contributed by atoms with Gasteiger partial charge in [0.25, 0.3) is 0 Å². The minimum absolute atomic E-state index is 0.230. The van der Waals surface area contributed by atoms with Gasteiger partial charge >= 0.3 is 0 Å². The minimum atomic E-state index is -2.21. The molecule has 7 heteroatoms. The van der Waals surface area contributed by atoms with Crippen LogP contribution in [0, 0.1) is 5.92 Å². The predicted octanol–water partition coefficient (Wildman–Crippen LogP) is 1.13. The summed E-state index contributed by atoms with van der Waals surface area (Å²) in [4.78, 5) is 12.3. The summed E-state index contributed by atoms with van der Waals surface area (Å²) in [5.74, 6) is -7.10. The van der Waals surface area contributed by atoms with E-state index in [4.69, 9.17) is 0 Å². The Morgan fingerprint density at radius 1 is 1.24 bits per heavy atom. The van der Waals surface area contributed by atoms with Crippen LogP contribution in [0.25, 0.3) is 0 Å². The molecule has 0 amide bonds. The third-order valence-corrected chi connectivity index (χ3v) is 3.26. The molecule has 0 aromatic heterocycles. The van der Waals surface area contributed by atoms with Crippen molar-refractivity contribution in [2.45, 2.75) is 5.79 Å². The topological polar surface area (TPSA) is 127 Å². The van der Waals surface area contributed by atoms with E-state index in [2.05, 4.69) is 4.74 Å². The number of para-hydroxylation sites is 1. The van der Waals surface area contributed by atoms with Gasteiger partial charge in [0.05, 0.1) is 5.56 Å². The van der Waals surface area contributed by atoms with Crippen LogP contribution >= 0.6 is 0 Å². The highest BCUT2D eigenvalue weighted by atomic mass is 16.6. The number of methoxy groups -OCH3 is 1. The third kappa shape index (κ3) is 2.32. The van der Waals surface area contributed by atoms with E-state index in [9.17, 15) is 30.3 Å². The maximum Gasteiger partial charge on any atom is 0.248 e.